The average Bonchev–Trinajstić information content (AvgIpc) is 3.25. The predicted molar refractivity (Wildman–Crippen MR) is 115 cm³/mol. The predicted octanol–water partition coefficient (Wildman–Crippen LogP) is -3.21. The number of nitrogens with two attached hydrogens (primary N) is 2. The minimum absolute atomic E-state index is 0.0933. The van der Waals surface area contributed by atoms with Crippen LogP contribution in [0.5, 0.6) is 0 Å². The number of nitrogens with one attached hydrogen (secondary N) is 3. The topological polar surface area (TPSA) is 320 Å². The quantitative estimate of drug-likeness (QED) is 0.120. The number of aliphatic hydroxyl groups excluding tert-OH is 2. The van der Waals surface area contributed by atoms with Crippen LogP contribution in [0.25, 0.3) is 11.2 Å². The molecule has 23 heteroatoms. The van der Waals surface area contributed by atoms with E-state index in [1.54, 1.807) is 0 Å². The zero-order valence-corrected chi connectivity index (χ0v) is 20.1. The number of nitrogens with zero attached hydrogens (tertiary/aromatic N) is 3. The molecule has 2 aromatic rings. The number of aromatic nitrogens is 4. The molecule has 0 amide bonds. The second kappa shape index (κ2) is 10.4. The molecule has 2 aromatic heterocycles. The van der Waals surface area contributed by atoms with Gasteiger partial charge in [-0.3, -0.25) is 23.4 Å². The molecule has 3 heterocycles. The Morgan fingerprint density at radius 3 is 2.57 bits per heavy atom. The van der Waals surface area contributed by atoms with Crippen LogP contribution in [0.4, 0.5) is 5.95 Å². The molecular weight excluding hydrogens is 541 g/mol. The summed E-state index contributed by atoms with van der Waals surface area (Å²) < 4.78 is 50.9. The van der Waals surface area contributed by atoms with E-state index in [0.717, 1.165) is 10.9 Å². The van der Waals surface area contributed by atoms with Crippen LogP contribution in [-0.2, 0) is 27.3 Å². The van der Waals surface area contributed by atoms with Gasteiger partial charge in [-0.15, -0.1) is 4.86 Å². The number of ether oxygens (including phenoxy) is 1. The molecule has 0 spiro atoms. The van der Waals surface area contributed by atoms with Crippen LogP contribution in [-0.4, -0.2) is 82.4 Å². The third-order valence-electron chi connectivity index (χ3n) is 4.41. The van der Waals surface area contributed by atoms with Crippen molar-refractivity contribution in [2.24, 2.45) is 5.73 Å². The number of fused-ring (bicyclic) bond motifs is 1. The summed E-state index contributed by atoms with van der Waals surface area (Å²) in [7, 11) is -15.4. The first-order chi connectivity index (χ1) is 16.1. The normalized spacial score (nSPS) is 27.9. The van der Waals surface area contributed by atoms with Crippen molar-refractivity contribution >= 4 is 40.4 Å². The molecule has 0 radical (unpaired) electrons. The van der Waals surface area contributed by atoms with Crippen LogP contribution in [0, 0.1) is 0 Å². The highest BCUT2D eigenvalue weighted by atomic mass is 31.3. The highest BCUT2D eigenvalue weighted by Gasteiger charge is 2.46. The van der Waals surface area contributed by atoms with Gasteiger partial charge in [0.05, 0.1) is 12.9 Å². The van der Waals surface area contributed by atoms with Gasteiger partial charge in [0.1, 0.15) is 18.3 Å². The molecule has 20 nitrogen and oxygen atoms in total. The maximum Gasteiger partial charge on any atom is 0.480 e. The SMILES string of the molecule is NCCNP(=O)(O)NP(=O)(O)OP(=O)(O)OCC1OC(n2cnc3c(=O)[nH]c(N)nc32)C(O)C1O. The third-order valence-corrected chi connectivity index (χ3v) is 9.34. The van der Waals surface area contributed by atoms with Crippen molar-refractivity contribution in [2.75, 3.05) is 25.4 Å². The summed E-state index contributed by atoms with van der Waals surface area (Å²) >= 11 is 0. The fourth-order valence-electron chi connectivity index (χ4n) is 3.00. The van der Waals surface area contributed by atoms with Gasteiger partial charge in [0.25, 0.3) is 5.56 Å². The van der Waals surface area contributed by atoms with Crippen LogP contribution in [0.3, 0.4) is 0 Å². The van der Waals surface area contributed by atoms with Crippen LogP contribution in [0.15, 0.2) is 11.1 Å². The number of phosphoric acid groups is 1. The van der Waals surface area contributed by atoms with Crippen LogP contribution in [0.2, 0.25) is 0 Å². The largest absolute Gasteiger partial charge is 0.480 e. The number of H-pyrrole nitrogens is 1. The lowest BCUT2D eigenvalue weighted by Gasteiger charge is -2.21. The van der Waals surface area contributed by atoms with Gasteiger partial charge in [-0.25, -0.2) is 19.2 Å². The molecule has 7 unspecified atom stereocenters. The number of aromatic amines is 1. The summed E-state index contributed by atoms with van der Waals surface area (Å²) in [5, 5.41) is 22.5. The fraction of sp³-hybridized carbons (Fsp3) is 0.583. The van der Waals surface area contributed by atoms with E-state index in [4.69, 9.17) is 16.2 Å². The molecule has 0 aliphatic carbocycles. The maximum absolute atomic E-state index is 12.1. The van der Waals surface area contributed by atoms with Gasteiger partial charge in [-0.1, -0.05) is 0 Å². The fourth-order valence-corrected chi connectivity index (χ4v) is 7.20. The highest BCUT2D eigenvalue weighted by Crippen LogP contribution is 2.61. The number of imidazole rings is 1. The number of anilines is 1. The van der Waals surface area contributed by atoms with Crippen LogP contribution < -0.4 is 27.0 Å². The molecule has 1 aliphatic heterocycles. The molecule has 1 saturated heterocycles. The Bertz CT molecular complexity index is 1270. The Kier molecular flexibility index (Phi) is 8.32. The Labute approximate surface area is 195 Å². The molecular formula is C12H23N8O12P3. The minimum atomic E-state index is -5.38. The molecule has 0 saturated carbocycles. The Hall–Kier alpha value is -1.60. The Morgan fingerprint density at radius 1 is 1.23 bits per heavy atom. The number of phosphoric ester groups is 1. The molecule has 35 heavy (non-hydrogen) atoms. The minimum Gasteiger partial charge on any atom is -0.387 e. The van der Waals surface area contributed by atoms with E-state index in [2.05, 4.69) is 23.8 Å². The molecule has 1 aliphatic rings. The van der Waals surface area contributed by atoms with Crippen LogP contribution >= 0.6 is 23.2 Å². The summed E-state index contributed by atoms with van der Waals surface area (Å²) in [5.41, 5.74) is 9.72. The first-order valence-electron chi connectivity index (χ1n) is 9.47. The second-order valence-electron chi connectivity index (χ2n) is 7.06. The van der Waals surface area contributed by atoms with Crippen molar-refractivity contribution in [3.63, 3.8) is 0 Å². The zero-order chi connectivity index (χ0) is 26.2. The van der Waals surface area contributed by atoms with E-state index in [-0.39, 0.29) is 30.2 Å². The van der Waals surface area contributed by atoms with Gasteiger partial charge in [-0.05, 0) is 0 Å². The van der Waals surface area contributed by atoms with Gasteiger partial charge in [0.2, 0.25) is 5.95 Å². The molecule has 7 atom stereocenters. The number of rotatable bonds is 11. The van der Waals surface area contributed by atoms with Gasteiger partial charge in [-0.2, -0.15) is 9.29 Å². The Morgan fingerprint density at radius 2 is 1.91 bits per heavy atom. The van der Waals surface area contributed by atoms with Gasteiger partial charge in [0, 0.05) is 13.1 Å². The standard InChI is InChI=1S/C12H23N8O12P3/c13-1-2-16-33(24,25)19-34(26,27)32-35(28,29)30-3-5-7(21)8(22)11(31-5)20-4-15-6-9(20)17-12(14)18-10(6)23/h4-5,7-8,11,21-22H,1-3,13H2,(H,28,29)(H3,14,17,18,23)(H4,16,19,24,25,26,27). The van der Waals surface area contributed by atoms with Crippen molar-refractivity contribution in [2.45, 2.75) is 24.5 Å². The number of nitrogen functional groups attached to an aromatic ring is 1. The van der Waals surface area contributed by atoms with Crippen molar-refractivity contribution in [1.82, 2.24) is 29.5 Å². The van der Waals surface area contributed by atoms with E-state index in [1.807, 2.05) is 5.09 Å². The van der Waals surface area contributed by atoms with E-state index >= 15 is 0 Å². The Balaban J connectivity index is 1.67. The molecule has 3 rings (SSSR count). The summed E-state index contributed by atoms with van der Waals surface area (Å²) in [6.07, 6.45) is -5.18. The van der Waals surface area contributed by atoms with Gasteiger partial charge < -0.3 is 41.1 Å². The molecule has 1 fully saturated rings. The van der Waals surface area contributed by atoms with Crippen molar-refractivity contribution in [3.8, 4) is 0 Å². The number of aliphatic hydroxyl groups is 2. The van der Waals surface area contributed by atoms with E-state index in [1.165, 1.54) is 4.86 Å². The van der Waals surface area contributed by atoms with Crippen LogP contribution in [0.1, 0.15) is 6.23 Å². The van der Waals surface area contributed by atoms with E-state index in [9.17, 15) is 43.4 Å². The van der Waals surface area contributed by atoms with Crippen molar-refractivity contribution in [3.05, 3.63) is 16.7 Å². The second-order valence-corrected chi connectivity index (χ2v) is 12.2. The first kappa shape index (κ1) is 28.0. The smallest absolute Gasteiger partial charge is 0.387 e. The summed E-state index contributed by atoms with van der Waals surface area (Å²) in [4.78, 5) is 52.0. The lowest BCUT2D eigenvalue weighted by molar-refractivity contribution is -0.0501. The van der Waals surface area contributed by atoms with E-state index in [0.29, 0.717) is 0 Å². The highest BCUT2D eigenvalue weighted by molar-refractivity contribution is 7.72. The lowest BCUT2D eigenvalue weighted by atomic mass is 10.1. The summed E-state index contributed by atoms with van der Waals surface area (Å²) in [6.45, 7) is -1.29. The van der Waals surface area contributed by atoms with Crippen molar-refractivity contribution < 1.29 is 52.2 Å². The maximum atomic E-state index is 12.1. The molecule has 0 bridgehead atoms. The number of hydrogen-bond acceptors (Lipinski definition) is 13. The van der Waals surface area contributed by atoms with E-state index < -0.39 is 59.9 Å². The average molecular weight is 564 g/mol. The lowest BCUT2D eigenvalue weighted by Crippen LogP contribution is -2.33. The van der Waals surface area contributed by atoms with Crippen molar-refractivity contribution in [1.29, 1.82) is 0 Å². The molecule has 0 aromatic carbocycles. The van der Waals surface area contributed by atoms with Gasteiger partial charge in [0.15, 0.2) is 17.4 Å². The third kappa shape index (κ3) is 6.79. The number of hydrogen-bond donors (Lipinski definition) is 10. The molecule has 12 N–H and O–H groups in total. The monoisotopic (exact) mass is 564 g/mol. The molecule has 198 valence electrons. The summed E-state index contributed by atoms with van der Waals surface area (Å²) in [5.74, 6) is -0.261. The summed E-state index contributed by atoms with van der Waals surface area (Å²) in [6, 6.07) is 0. The zero-order valence-electron chi connectivity index (χ0n) is 17.4. The van der Waals surface area contributed by atoms with Gasteiger partial charge >= 0.3 is 23.2 Å². The first-order valence-corrected chi connectivity index (χ1v) is 14.2.